The second-order valence-corrected chi connectivity index (χ2v) is 10.9. The maximum Gasteiger partial charge on any atom is 0.326 e. The molecule has 45 heavy (non-hydrogen) atoms. The SMILES string of the molecule is CC(C)C(NC(=O)C(CC(N)=O)NC(=O)C(N)Cc1ccccc1)C(=O)NC(CCC(=O)O)C(=O)NC(CCCCN)C(=O)O. The number of primary amides is 1. The van der Waals surface area contributed by atoms with Gasteiger partial charge in [0.25, 0.3) is 0 Å². The zero-order valence-corrected chi connectivity index (χ0v) is 25.5. The Labute approximate surface area is 261 Å². The van der Waals surface area contributed by atoms with Crippen molar-refractivity contribution < 1.29 is 43.8 Å². The van der Waals surface area contributed by atoms with Gasteiger partial charge in [0, 0.05) is 6.42 Å². The maximum absolute atomic E-state index is 13.3. The summed E-state index contributed by atoms with van der Waals surface area (Å²) in [6, 6.07) is 2.22. The van der Waals surface area contributed by atoms with Crippen LogP contribution in [0.3, 0.4) is 0 Å². The van der Waals surface area contributed by atoms with Crippen molar-refractivity contribution in [3.8, 4) is 0 Å². The van der Waals surface area contributed by atoms with Crippen LogP contribution in [0.1, 0.15) is 57.9 Å². The van der Waals surface area contributed by atoms with Crippen LogP contribution in [0, 0.1) is 5.92 Å². The molecule has 0 saturated carbocycles. The fourth-order valence-corrected chi connectivity index (χ4v) is 4.26. The molecule has 0 fully saturated rings. The summed E-state index contributed by atoms with van der Waals surface area (Å²) < 4.78 is 0. The normalized spacial score (nSPS) is 14.2. The minimum absolute atomic E-state index is 0.0600. The fourth-order valence-electron chi connectivity index (χ4n) is 4.26. The number of hydrogen-bond acceptors (Lipinski definition) is 9. The Hall–Kier alpha value is -4.57. The lowest BCUT2D eigenvalue weighted by molar-refractivity contribution is -0.143. The Balaban J connectivity index is 3.07. The van der Waals surface area contributed by atoms with Crippen LogP contribution < -0.4 is 38.5 Å². The molecule has 16 nitrogen and oxygen atoms in total. The molecule has 16 heteroatoms. The van der Waals surface area contributed by atoms with Crippen molar-refractivity contribution in [3.63, 3.8) is 0 Å². The zero-order valence-electron chi connectivity index (χ0n) is 25.5. The standard InChI is InChI=1S/C29H45N7O9/c1-16(2)24(28(43)33-19(11-12-23(38)39)26(41)34-20(29(44)45)10-6-7-13-30)36-27(42)21(15-22(32)37)35-25(40)18(31)14-17-8-4-3-5-9-17/h3-5,8-9,16,18-21,24H,6-7,10-15,30-31H2,1-2H3,(H2,32,37)(H,33,43)(H,34,41)(H,35,40)(H,36,42)(H,38,39)(H,44,45). The lowest BCUT2D eigenvalue weighted by Gasteiger charge is -2.28. The molecule has 0 aliphatic rings. The number of carbonyl (C=O) groups excluding carboxylic acids is 5. The van der Waals surface area contributed by atoms with Crippen molar-refractivity contribution in [2.24, 2.45) is 23.1 Å². The highest BCUT2D eigenvalue weighted by Gasteiger charge is 2.33. The molecule has 0 bridgehead atoms. The molecule has 0 aliphatic carbocycles. The number of rotatable bonds is 21. The Morgan fingerprint density at radius 1 is 0.756 bits per heavy atom. The third-order valence-corrected chi connectivity index (χ3v) is 6.76. The number of carboxylic acid groups (broad SMARTS) is 2. The van der Waals surface area contributed by atoms with E-state index in [9.17, 15) is 38.7 Å². The molecule has 0 aliphatic heterocycles. The number of carbonyl (C=O) groups is 7. The number of nitrogens with one attached hydrogen (secondary N) is 4. The smallest absolute Gasteiger partial charge is 0.326 e. The summed E-state index contributed by atoms with van der Waals surface area (Å²) in [5.41, 5.74) is 17.5. The third-order valence-electron chi connectivity index (χ3n) is 6.76. The van der Waals surface area contributed by atoms with E-state index >= 15 is 0 Å². The van der Waals surface area contributed by atoms with Crippen molar-refractivity contribution in [2.45, 2.75) is 89.0 Å². The average Bonchev–Trinajstić information content (AvgIpc) is 2.96. The summed E-state index contributed by atoms with van der Waals surface area (Å²) in [4.78, 5) is 86.9. The van der Waals surface area contributed by atoms with Crippen LogP contribution in [-0.2, 0) is 40.0 Å². The van der Waals surface area contributed by atoms with Crippen molar-refractivity contribution >= 4 is 41.5 Å². The Morgan fingerprint density at radius 3 is 1.87 bits per heavy atom. The van der Waals surface area contributed by atoms with E-state index in [0.717, 1.165) is 5.56 Å². The number of nitrogens with two attached hydrogens (primary N) is 3. The average molecular weight is 636 g/mol. The Morgan fingerprint density at radius 2 is 1.33 bits per heavy atom. The van der Waals surface area contributed by atoms with E-state index in [4.69, 9.17) is 22.3 Å². The Kier molecular flexibility index (Phi) is 16.8. The number of benzene rings is 1. The van der Waals surface area contributed by atoms with Crippen LogP contribution in [0.15, 0.2) is 30.3 Å². The van der Waals surface area contributed by atoms with E-state index in [-0.39, 0.29) is 19.3 Å². The van der Waals surface area contributed by atoms with E-state index < -0.39 is 90.4 Å². The predicted molar refractivity (Wildman–Crippen MR) is 162 cm³/mol. The number of unbranched alkanes of at least 4 members (excludes halogenated alkanes) is 1. The molecule has 0 radical (unpaired) electrons. The van der Waals surface area contributed by atoms with E-state index in [2.05, 4.69) is 21.3 Å². The predicted octanol–water partition coefficient (Wildman–Crippen LogP) is -1.89. The van der Waals surface area contributed by atoms with Gasteiger partial charge < -0.3 is 48.7 Å². The fraction of sp³-hybridized carbons (Fsp3) is 0.552. The molecule has 5 atom stereocenters. The first-order valence-corrected chi connectivity index (χ1v) is 14.6. The number of hydrogen-bond donors (Lipinski definition) is 9. The number of aliphatic carboxylic acids is 2. The molecule has 0 saturated heterocycles. The molecule has 0 aromatic heterocycles. The molecule has 5 unspecified atom stereocenters. The molecule has 0 heterocycles. The second-order valence-electron chi connectivity index (χ2n) is 10.9. The van der Waals surface area contributed by atoms with Gasteiger partial charge in [-0.1, -0.05) is 44.2 Å². The Bertz CT molecular complexity index is 1180. The molecule has 1 aromatic rings. The van der Waals surface area contributed by atoms with Crippen LogP contribution in [-0.4, -0.2) is 88.4 Å². The topological polar surface area (TPSA) is 286 Å². The first-order chi connectivity index (χ1) is 21.2. The highest BCUT2D eigenvalue weighted by atomic mass is 16.4. The van der Waals surface area contributed by atoms with Crippen molar-refractivity contribution in [2.75, 3.05) is 6.54 Å². The summed E-state index contributed by atoms with van der Waals surface area (Å²) in [7, 11) is 0. The number of carboxylic acids is 2. The summed E-state index contributed by atoms with van der Waals surface area (Å²) in [5, 5.41) is 28.2. The van der Waals surface area contributed by atoms with E-state index in [0.29, 0.717) is 19.4 Å². The monoisotopic (exact) mass is 635 g/mol. The largest absolute Gasteiger partial charge is 0.481 e. The van der Waals surface area contributed by atoms with Gasteiger partial charge in [-0.25, -0.2) is 4.79 Å². The minimum atomic E-state index is -1.48. The minimum Gasteiger partial charge on any atom is -0.481 e. The van der Waals surface area contributed by atoms with Crippen LogP contribution in [0.25, 0.3) is 0 Å². The van der Waals surface area contributed by atoms with Gasteiger partial charge in [-0.05, 0) is 50.1 Å². The van der Waals surface area contributed by atoms with Crippen LogP contribution >= 0.6 is 0 Å². The van der Waals surface area contributed by atoms with Crippen molar-refractivity contribution in [1.82, 2.24) is 21.3 Å². The highest BCUT2D eigenvalue weighted by Crippen LogP contribution is 2.09. The van der Waals surface area contributed by atoms with Gasteiger partial charge in [0.1, 0.15) is 24.2 Å². The molecule has 250 valence electrons. The highest BCUT2D eigenvalue weighted by molar-refractivity contribution is 5.97. The van der Waals surface area contributed by atoms with E-state index in [1.165, 1.54) is 0 Å². The summed E-state index contributed by atoms with van der Waals surface area (Å²) in [6.07, 6.45) is -0.383. The van der Waals surface area contributed by atoms with Gasteiger partial charge >= 0.3 is 11.9 Å². The zero-order chi connectivity index (χ0) is 34.1. The lowest BCUT2D eigenvalue weighted by atomic mass is 10.0. The third kappa shape index (κ3) is 14.6. The van der Waals surface area contributed by atoms with Gasteiger partial charge in [-0.2, -0.15) is 0 Å². The van der Waals surface area contributed by atoms with Crippen molar-refractivity contribution in [3.05, 3.63) is 35.9 Å². The molecule has 5 amide bonds. The first kappa shape index (κ1) is 38.5. The molecule has 12 N–H and O–H groups in total. The molecule has 0 spiro atoms. The second kappa shape index (κ2) is 19.7. The van der Waals surface area contributed by atoms with Crippen LogP contribution in [0.2, 0.25) is 0 Å². The first-order valence-electron chi connectivity index (χ1n) is 14.6. The molecular weight excluding hydrogens is 590 g/mol. The van der Waals surface area contributed by atoms with Gasteiger partial charge in [0.2, 0.25) is 29.5 Å². The van der Waals surface area contributed by atoms with E-state index in [1.807, 2.05) is 0 Å². The van der Waals surface area contributed by atoms with Gasteiger partial charge in [0.15, 0.2) is 0 Å². The molecule has 1 rings (SSSR count). The summed E-state index contributed by atoms with van der Waals surface area (Å²) in [5.74, 6) is -7.57. The number of amides is 5. The van der Waals surface area contributed by atoms with Crippen LogP contribution in [0.4, 0.5) is 0 Å². The van der Waals surface area contributed by atoms with Gasteiger partial charge in [-0.15, -0.1) is 0 Å². The summed E-state index contributed by atoms with van der Waals surface area (Å²) >= 11 is 0. The van der Waals surface area contributed by atoms with Gasteiger partial charge in [0.05, 0.1) is 12.5 Å². The van der Waals surface area contributed by atoms with Crippen LogP contribution in [0.5, 0.6) is 0 Å². The molecular formula is C29H45N7O9. The molecule has 1 aromatic carbocycles. The van der Waals surface area contributed by atoms with Gasteiger partial charge in [-0.3, -0.25) is 28.8 Å². The van der Waals surface area contributed by atoms with E-state index in [1.54, 1.807) is 44.2 Å². The quantitative estimate of drug-likeness (QED) is 0.0673. The lowest BCUT2D eigenvalue weighted by Crippen LogP contribution is -2.60. The maximum atomic E-state index is 13.3. The van der Waals surface area contributed by atoms with Crippen molar-refractivity contribution in [1.29, 1.82) is 0 Å². The summed E-state index contributed by atoms with van der Waals surface area (Å²) in [6.45, 7) is 3.47.